The zero-order valence-corrected chi connectivity index (χ0v) is 10.2. The third-order valence-corrected chi connectivity index (χ3v) is 3.10. The summed E-state index contributed by atoms with van der Waals surface area (Å²) in [6.07, 6.45) is 4.00. The fourth-order valence-electron chi connectivity index (χ4n) is 2.17. The van der Waals surface area contributed by atoms with E-state index in [1.165, 1.54) is 6.20 Å². The van der Waals surface area contributed by atoms with Crippen LogP contribution in [0.15, 0.2) is 6.20 Å². The van der Waals surface area contributed by atoms with Gasteiger partial charge in [-0.15, -0.1) is 0 Å². The minimum Gasteiger partial charge on any atom is -0.489 e. The van der Waals surface area contributed by atoms with Crippen LogP contribution in [0.5, 0.6) is 11.8 Å². The Labute approximate surface area is 105 Å². The first-order valence-corrected chi connectivity index (χ1v) is 5.98. The smallest absolute Gasteiger partial charge is 0.306 e. The van der Waals surface area contributed by atoms with Crippen molar-refractivity contribution >= 4 is 5.97 Å². The summed E-state index contributed by atoms with van der Waals surface area (Å²) in [7, 11) is 0. The monoisotopic (exact) mass is 252 g/mol. The number of hydrogen-bond donors (Lipinski definition) is 2. The molecule has 98 valence electrons. The number of ether oxygens (including phenoxy) is 1. The molecule has 2 rings (SSSR count). The van der Waals surface area contributed by atoms with Crippen molar-refractivity contribution in [2.45, 2.75) is 38.7 Å². The molecule has 0 bridgehead atoms. The molecular formula is C12H16N2O4. The van der Waals surface area contributed by atoms with E-state index < -0.39 is 5.97 Å². The molecule has 1 aromatic heterocycles. The minimum atomic E-state index is -0.789. The van der Waals surface area contributed by atoms with Gasteiger partial charge in [0.1, 0.15) is 6.10 Å². The highest BCUT2D eigenvalue weighted by Crippen LogP contribution is 2.29. The number of aromatic hydroxyl groups is 1. The molecule has 1 saturated carbocycles. The number of nitrogens with zero attached hydrogens (tertiary/aromatic N) is 2. The Balaban J connectivity index is 2.02. The van der Waals surface area contributed by atoms with Gasteiger partial charge in [-0.3, -0.25) is 4.79 Å². The second-order valence-corrected chi connectivity index (χ2v) is 4.58. The van der Waals surface area contributed by atoms with Gasteiger partial charge >= 0.3 is 5.97 Å². The first-order valence-electron chi connectivity index (χ1n) is 5.98. The molecule has 1 heterocycles. The summed E-state index contributed by atoms with van der Waals surface area (Å²) in [4.78, 5) is 18.7. The maximum Gasteiger partial charge on any atom is 0.306 e. The zero-order valence-electron chi connectivity index (χ0n) is 10.2. The van der Waals surface area contributed by atoms with Gasteiger partial charge in [0.2, 0.25) is 0 Å². The highest BCUT2D eigenvalue weighted by molar-refractivity contribution is 5.70. The molecule has 0 saturated heterocycles. The van der Waals surface area contributed by atoms with Crippen LogP contribution in [0.25, 0.3) is 0 Å². The second kappa shape index (κ2) is 5.20. The van der Waals surface area contributed by atoms with Crippen LogP contribution in [0.4, 0.5) is 0 Å². The molecular weight excluding hydrogens is 236 g/mol. The van der Waals surface area contributed by atoms with E-state index in [0.717, 1.165) is 12.8 Å². The lowest BCUT2D eigenvalue weighted by Gasteiger charge is -2.26. The first kappa shape index (κ1) is 12.6. The van der Waals surface area contributed by atoms with Crippen LogP contribution in [-0.4, -0.2) is 32.3 Å². The predicted molar refractivity (Wildman–Crippen MR) is 62.4 cm³/mol. The predicted octanol–water partition coefficient (Wildman–Crippen LogP) is 1.51. The van der Waals surface area contributed by atoms with Crippen molar-refractivity contribution < 1.29 is 19.7 Å². The maximum atomic E-state index is 10.9. The van der Waals surface area contributed by atoms with Crippen LogP contribution in [0, 0.1) is 12.8 Å². The Kier molecular flexibility index (Phi) is 3.64. The van der Waals surface area contributed by atoms with Crippen molar-refractivity contribution in [2.24, 2.45) is 5.92 Å². The topological polar surface area (TPSA) is 92.5 Å². The molecule has 1 aromatic rings. The number of aliphatic carboxylic acids is 1. The number of rotatable bonds is 3. The summed E-state index contributed by atoms with van der Waals surface area (Å²) in [5.74, 6) is -1.32. The van der Waals surface area contributed by atoms with Gasteiger partial charge in [0.25, 0.3) is 11.8 Å². The van der Waals surface area contributed by atoms with Gasteiger partial charge in [0.15, 0.2) is 0 Å². The Morgan fingerprint density at radius 1 is 1.50 bits per heavy atom. The average Bonchev–Trinajstić information content (AvgIpc) is 2.33. The zero-order chi connectivity index (χ0) is 13.1. The third kappa shape index (κ3) is 2.88. The maximum absolute atomic E-state index is 10.9. The highest BCUT2D eigenvalue weighted by Gasteiger charge is 2.29. The summed E-state index contributed by atoms with van der Waals surface area (Å²) in [6.45, 7) is 1.72. The van der Waals surface area contributed by atoms with E-state index in [2.05, 4.69) is 9.97 Å². The molecule has 0 spiro atoms. The Bertz CT molecular complexity index is 450. The lowest BCUT2D eigenvalue weighted by atomic mass is 9.87. The normalized spacial score (nSPS) is 23.6. The number of aromatic nitrogens is 2. The van der Waals surface area contributed by atoms with Crippen LogP contribution >= 0.6 is 0 Å². The molecule has 0 unspecified atom stereocenters. The first-order chi connectivity index (χ1) is 8.56. The molecule has 18 heavy (non-hydrogen) atoms. The van der Waals surface area contributed by atoms with E-state index in [1.54, 1.807) is 6.92 Å². The van der Waals surface area contributed by atoms with Gasteiger partial charge < -0.3 is 14.9 Å². The summed E-state index contributed by atoms with van der Waals surface area (Å²) < 4.78 is 5.53. The van der Waals surface area contributed by atoms with E-state index in [4.69, 9.17) is 9.84 Å². The molecule has 2 N–H and O–H groups in total. The molecule has 1 aliphatic rings. The molecule has 6 nitrogen and oxygen atoms in total. The molecule has 6 heteroatoms. The number of carbonyl (C=O) groups is 1. The molecule has 0 aromatic carbocycles. The number of aryl methyl sites for hydroxylation is 1. The summed E-state index contributed by atoms with van der Waals surface area (Å²) in [5, 5.41) is 18.6. The van der Waals surface area contributed by atoms with Gasteiger partial charge in [-0.25, -0.2) is 9.97 Å². The van der Waals surface area contributed by atoms with E-state index in [9.17, 15) is 9.90 Å². The van der Waals surface area contributed by atoms with Crippen molar-refractivity contribution in [1.82, 2.24) is 9.97 Å². The lowest BCUT2D eigenvalue weighted by molar-refractivity contribution is -0.143. The van der Waals surface area contributed by atoms with Crippen molar-refractivity contribution in [1.29, 1.82) is 0 Å². The minimum absolute atomic E-state index is 0.0802. The van der Waals surface area contributed by atoms with Crippen molar-refractivity contribution in [3.63, 3.8) is 0 Å². The summed E-state index contributed by atoms with van der Waals surface area (Å²) in [5.41, 5.74) is 0.604. The largest absolute Gasteiger partial charge is 0.489 e. The quantitative estimate of drug-likeness (QED) is 0.847. The molecule has 2 atom stereocenters. The van der Waals surface area contributed by atoms with Gasteiger partial charge in [-0.05, 0) is 32.6 Å². The molecule has 1 fully saturated rings. The third-order valence-electron chi connectivity index (χ3n) is 3.10. The van der Waals surface area contributed by atoms with Gasteiger partial charge in [-0.2, -0.15) is 0 Å². The second-order valence-electron chi connectivity index (χ2n) is 4.58. The fourth-order valence-corrected chi connectivity index (χ4v) is 2.17. The Morgan fingerprint density at radius 2 is 2.28 bits per heavy atom. The number of hydrogen-bond acceptors (Lipinski definition) is 5. The van der Waals surface area contributed by atoms with Crippen LogP contribution in [0.3, 0.4) is 0 Å². The number of carboxylic acids is 1. The van der Waals surface area contributed by atoms with Crippen LogP contribution in [0.1, 0.15) is 31.4 Å². The van der Waals surface area contributed by atoms with E-state index in [-0.39, 0.29) is 23.8 Å². The van der Waals surface area contributed by atoms with Gasteiger partial charge in [0, 0.05) is 0 Å². The molecule has 1 aliphatic carbocycles. The summed E-state index contributed by atoms with van der Waals surface area (Å²) >= 11 is 0. The van der Waals surface area contributed by atoms with Gasteiger partial charge in [0.05, 0.1) is 17.8 Å². The van der Waals surface area contributed by atoms with Gasteiger partial charge in [-0.1, -0.05) is 0 Å². The van der Waals surface area contributed by atoms with Crippen LogP contribution in [-0.2, 0) is 4.79 Å². The number of carboxylic acid groups (broad SMARTS) is 1. The Morgan fingerprint density at radius 3 is 2.94 bits per heavy atom. The lowest BCUT2D eigenvalue weighted by Crippen LogP contribution is -2.29. The van der Waals surface area contributed by atoms with E-state index >= 15 is 0 Å². The fraction of sp³-hybridized carbons (Fsp3) is 0.583. The molecule has 0 amide bonds. The van der Waals surface area contributed by atoms with E-state index in [0.29, 0.717) is 18.5 Å². The summed E-state index contributed by atoms with van der Waals surface area (Å²) in [6, 6.07) is 0. The van der Waals surface area contributed by atoms with Crippen LogP contribution in [0.2, 0.25) is 0 Å². The van der Waals surface area contributed by atoms with Crippen molar-refractivity contribution in [3.05, 3.63) is 11.9 Å². The molecule has 0 radical (unpaired) electrons. The highest BCUT2D eigenvalue weighted by atomic mass is 16.5. The Hall–Kier alpha value is -1.85. The van der Waals surface area contributed by atoms with Crippen molar-refractivity contribution in [3.8, 4) is 11.8 Å². The van der Waals surface area contributed by atoms with Crippen LogP contribution < -0.4 is 4.74 Å². The van der Waals surface area contributed by atoms with Crippen molar-refractivity contribution in [2.75, 3.05) is 0 Å². The average molecular weight is 252 g/mol. The SMILES string of the molecule is Cc1cnc(O[C@H]2CCC[C@H](C(=O)O)C2)c(O)n1. The standard InChI is InChI=1S/C12H16N2O4/c1-7-6-13-11(10(15)14-7)18-9-4-2-3-8(5-9)12(16)17/h6,8-9H,2-5H2,1H3,(H,14,15)(H,16,17)/t8-,9-/m0/s1. The molecule has 0 aliphatic heterocycles. The van der Waals surface area contributed by atoms with E-state index in [1.807, 2.05) is 0 Å².